The van der Waals surface area contributed by atoms with E-state index in [1.807, 2.05) is 17.5 Å². The molecule has 0 radical (unpaired) electrons. The van der Waals surface area contributed by atoms with Gasteiger partial charge in [-0.3, -0.25) is 4.79 Å². The lowest BCUT2D eigenvalue weighted by Gasteiger charge is -1.89. The van der Waals surface area contributed by atoms with Crippen molar-refractivity contribution >= 4 is 51.7 Å². The molecule has 5 nitrogen and oxygen atoms in total. The fourth-order valence-corrected chi connectivity index (χ4v) is 5.08. The number of nitrogens with zero attached hydrogens (tertiary/aromatic N) is 3. The maximum atomic E-state index is 10.6. The van der Waals surface area contributed by atoms with Crippen LogP contribution in [0.1, 0.15) is 5.69 Å². The van der Waals surface area contributed by atoms with Crippen LogP contribution in [-0.4, -0.2) is 26.3 Å². The minimum atomic E-state index is -0.872. The monoisotopic (exact) mass is 341 g/mol. The molecule has 3 rings (SSSR count). The molecule has 3 aromatic rings. The molecule has 0 spiro atoms. The van der Waals surface area contributed by atoms with Crippen molar-refractivity contribution in [2.45, 2.75) is 15.1 Å². The van der Waals surface area contributed by atoms with E-state index in [2.05, 4.69) is 15.2 Å². The predicted octanol–water partition coefficient (Wildman–Crippen LogP) is 3.50. The molecule has 0 atom stereocenters. The topological polar surface area (TPSA) is 76.0 Å². The Morgan fingerprint density at radius 2 is 2.20 bits per heavy atom. The number of hydrogen-bond donors (Lipinski definition) is 1. The molecule has 3 aromatic heterocycles. The first-order valence-corrected chi connectivity index (χ1v) is 8.81. The van der Waals surface area contributed by atoms with Gasteiger partial charge in [0.05, 0.1) is 17.0 Å². The van der Waals surface area contributed by atoms with Crippen LogP contribution in [0.3, 0.4) is 0 Å². The van der Waals surface area contributed by atoms with Gasteiger partial charge in [-0.15, -0.1) is 32.9 Å². The van der Waals surface area contributed by atoms with Gasteiger partial charge in [0.15, 0.2) is 13.7 Å². The highest BCUT2D eigenvalue weighted by molar-refractivity contribution is 8.02. The van der Waals surface area contributed by atoms with Gasteiger partial charge >= 0.3 is 5.97 Å². The molecular weight excluding hydrogens is 334 g/mol. The molecule has 20 heavy (non-hydrogen) atoms. The van der Waals surface area contributed by atoms with Crippen molar-refractivity contribution in [3.8, 4) is 9.88 Å². The van der Waals surface area contributed by atoms with Gasteiger partial charge in [0.1, 0.15) is 0 Å². The van der Waals surface area contributed by atoms with E-state index in [4.69, 9.17) is 5.11 Å². The second kappa shape index (κ2) is 6.00. The quantitative estimate of drug-likeness (QED) is 0.765. The highest BCUT2D eigenvalue weighted by atomic mass is 32.2. The van der Waals surface area contributed by atoms with E-state index in [0.29, 0.717) is 5.69 Å². The average molecular weight is 341 g/mol. The van der Waals surface area contributed by atoms with Crippen LogP contribution in [-0.2, 0) is 11.2 Å². The zero-order valence-corrected chi connectivity index (χ0v) is 13.1. The second-order valence-corrected chi connectivity index (χ2v) is 7.91. The van der Waals surface area contributed by atoms with Gasteiger partial charge in [-0.1, -0.05) is 17.4 Å². The largest absolute Gasteiger partial charge is 0.481 e. The van der Waals surface area contributed by atoms with Gasteiger partial charge in [0.25, 0.3) is 0 Å². The van der Waals surface area contributed by atoms with Crippen molar-refractivity contribution in [3.05, 3.63) is 28.6 Å². The number of carboxylic acid groups (broad SMARTS) is 1. The SMILES string of the molecule is O=C(O)Cc1csc(Sc2nnc(-c3cccs3)s2)n1. The minimum Gasteiger partial charge on any atom is -0.481 e. The van der Waals surface area contributed by atoms with E-state index in [-0.39, 0.29) is 6.42 Å². The molecule has 0 bridgehead atoms. The zero-order valence-electron chi connectivity index (χ0n) is 9.85. The molecular formula is C11H7N3O2S4. The smallest absolute Gasteiger partial charge is 0.309 e. The highest BCUT2D eigenvalue weighted by Crippen LogP contribution is 2.36. The van der Waals surface area contributed by atoms with Crippen LogP contribution >= 0.6 is 45.8 Å². The third kappa shape index (κ3) is 3.23. The molecule has 9 heteroatoms. The highest BCUT2D eigenvalue weighted by Gasteiger charge is 2.12. The Morgan fingerprint density at radius 3 is 2.95 bits per heavy atom. The normalized spacial score (nSPS) is 10.8. The van der Waals surface area contributed by atoms with Gasteiger partial charge in [0, 0.05) is 5.38 Å². The summed E-state index contributed by atoms with van der Waals surface area (Å²) >= 11 is 5.98. The maximum Gasteiger partial charge on any atom is 0.309 e. The predicted molar refractivity (Wildman–Crippen MR) is 80.8 cm³/mol. The van der Waals surface area contributed by atoms with E-state index in [1.165, 1.54) is 34.4 Å². The fourth-order valence-electron chi connectivity index (χ4n) is 1.40. The van der Waals surface area contributed by atoms with Gasteiger partial charge in [-0.2, -0.15) is 0 Å². The van der Waals surface area contributed by atoms with Crippen LogP contribution in [0, 0.1) is 0 Å². The number of thiophene rings is 1. The summed E-state index contributed by atoms with van der Waals surface area (Å²) < 4.78 is 1.60. The summed E-state index contributed by atoms with van der Waals surface area (Å²) in [6.45, 7) is 0. The van der Waals surface area contributed by atoms with Gasteiger partial charge in [0.2, 0.25) is 0 Å². The van der Waals surface area contributed by atoms with Crippen LogP contribution < -0.4 is 0 Å². The number of aliphatic carboxylic acids is 1. The number of thiazole rings is 1. The van der Waals surface area contributed by atoms with E-state index in [9.17, 15) is 4.79 Å². The first kappa shape index (κ1) is 13.7. The molecule has 0 amide bonds. The Kier molecular flexibility index (Phi) is 4.10. The molecule has 102 valence electrons. The Balaban J connectivity index is 1.72. The lowest BCUT2D eigenvalue weighted by Crippen LogP contribution is -1.99. The first-order chi connectivity index (χ1) is 9.70. The molecule has 0 saturated carbocycles. The Bertz CT molecular complexity index is 720. The molecule has 1 N–H and O–H groups in total. The molecule has 0 aromatic carbocycles. The third-order valence-electron chi connectivity index (χ3n) is 2.18. The second-order valence-electron chi connectivity index (χ2n) is 3.63. The Labute approximate surface area is 130 Å². The minimum absolute atomic E-state index is 0.0480. The number of hydrogen-bond acceptors (Lipinski definition) is 8. The maximum absolute atomic E-state index is 10.6. The van der Waals surface area contributed by atoms with E-state index >= 15 is 0 Å². The van der Waals surface area contributed by atoms with Crippen molar-refractivity contribution in [2.24, 2.45) is 0 Å². The number of carbonyl (C=O) groups is 1. The fraction of sp³-hybridized carbons (Fsp3) is 0.0909. The molecule has 0 aliphatic rings. The summed E-state index contributed by atoms with van der Waals surface area (Å²) in [5, 5.41) is 21.6. The van der Waals surface area contributed by atoms with E-state index in [0.717, 1.165) is 18.6 Å². The van der Waals surface area contributed by atoms with Crippen molar-refractivity contribution in [2.75, 3.05) is 0 Å². The van der Waals surface area contributed by atoms with Gasteiger partial charge < -0.3 is 5.11 Å². The number of aromatic nitrogens is 3. The molecule has 0 saturated heterocycles. The molecule has 0 aliphatic heterocycles. The summed E-state index contributed by atoms with van der Waals surface area (Å²) in [4.78, 5) is 16.0. The molecule has 0 unspecified atom stereocenters. The summed E-state index contributed by atoms with van der Waals surface area (Å²) in [6, 6.07) is 3.99. The summed E-state index contributed by atoms with van der Waals surface area (Å²) in [7, 11) is 0. The molecule has 0 fully saturated rings. The van der Waals surface area contributed by atoms with Crippen molar-refractivity contribution in [1.29, 1.82) is 0 Å². The lowest BCUT2D eigenvalue weighted by molar-refractivity contribution is -0.136. The standard InChI is InChI=1S/C11H7N3O2S4/c15-8(16)4-6-5-18-10(12-6)20-11-14-13-9(19-11)7-2-1-3-17-7/h1-3,5H,4H2,(H,15,16). The van der Waals surface area contributed by atoms with Gasteiger partial charge in [-0.05, 0) is 23.2 Å². The van der Waals surface area contributed by atoms with Crippen molar-refractivity contribution < 1.29 is 9.90 Å². The third-order valence-corrected chi connectivity index (χ3v) is 6.18. The van der Waals surface area contributed by atoms with Crippen molar-refractivity contribution in [1.82, 2.24) is 15.2 Å². The Morgan fingerprint density at radius 1 is 1.30 bits per heavy atom. The van der Waals surface area contributed by atoms with Crippen LogP contribution in [0.25, 0.3) is 9.88 Å². The first-order valence-electron chi connectivity index (χ1n) is 5.42. The molecule has 0 aliphatic carbocycles. The van der Waals surface area contributed by atoms with Crippen LogP contribution in [0.2, 0.25) is 0 Å². The number of carboxylic acids is 1. The Hall–Kier alpha value is -1.29. The van der Waals surface area contributed by atoms with Crippen molar-refractivity contribution in [3.63, 3.8) is 0 Å². The van der Waals surface area contributed by atoms with Gasteiger partial charge in [-0.25, -0.2) is 4.98 Å². The number of rotatable bonds is 5. The summed E-state index contributed by atoms with van der Waals surface area (Å²) in [5.41, 5.74) is 0.577. The summed E-state index contributed by atoms with van der Waals surface area (Å²) in [6.07, 6.45) is -0.0480. The van der Waals surface area contributed by atoms with Crippen LogP contribution in [0.4, 0.5) is 0 Å². The van der Waals surface area contributed by atoms with E-state index in [1.54, 1.807) is 16.7 Å². The zero-order chi connectivity index (χ0) is 13.9. The summed E-state index contributed by atoms with van der Waals surface area (Å²) in [5.74, 6) is -0.872. The van der Waals surface area contributed by atoms with Crippen LogP contribution in [0.15, 0.2) is 31.6 Å². The lowest BCUT2D eigenvalue weighted by atomic mass is 10.3. The van der Waals surface area contributed by atoms with Crippen LogP contribution in [0.5, 0.6) is 0 Å². The van der Waals surface area contributed by atoms with E-state index < -0.39 is 5.97 Å². The molecule has 3 heterocycles. The average Bonchev–Trinajstić information content (AvgIpc) is 3.09.